The Kier molecular flexibility index (Phi) is 3.35. The summed E-state index contributed by atoms with van der Waals surface area (Å²) in [5, 5.41) is 0. The normalized spacial score (nSPS) is 11.4. The van der Waals surface area contributed by atoms with Crippen molar-refractivity contribution < 1.29 is 17.9 Å². The first-order valence-corrected chi connectivity index (χ1v) is 4.06. The highest BCUT2D eigenvalue weighted by atomic mass is 19.4. The number of hydrogen-bond acceptors (Lipinski definition) is 2. The van der Waals surface area contributed by atoms with Crippen molar-refractivity contribution in [2.75, 3.05) is 6.54 Å². The van der Waals surface area contributed by atoms with Crippen molar-refractivity contribution in [2.24, 2.45) is 5.73 Å². The van der Waals surface area contributed by atoms with E-state index in [9.17, 15) is 13.2 Å². The number of rotatable bonds is 3. The first-order valence-electron chi connectivity index (χ1n) is 4.06. The van der Waals surface area contributed by atoms with Gasteiger partial charge in [-0.05, 0) is 24.6 Å². The second-order valence-electron chi connectivity index (χ2n) is 2.69. The van der Waals surface area contributed by atoms with Crippen molar-refractivity contribution in [3.8, 4) is 5.75 Å². The molecule has 0 heterocycles. The van der Waals surface area contributed by atoms with Gasteiger partial charge in [0.1, 0.15) is 5.75 Å². The monoisotopic (exact) mass is 205 g/mol. The third-order valence-electron chi connectivity index (χ3n) is 1.61. The van der Waals surface area contributed by atoms with Crippen LogP contribution in [0.2, 0.25) is 0 Å². The van der Waals surface area contributed by atoms with Gasteiger partial charge in [0.2, 0.25) is 0 Å². The molecule has 2 N–H and O–H groups in total. The topological polar surface area (TPSA) is 35.2 Å². The molecule has 0 bridgehead atoms. The summed E-state index contributed by atoms with van der Waals surface area (Å²) in [4.78, 5) is 0. The molecule has 0 radical (unpaired) electrons. The smallest absolute Gasteiger partial charge is 0.406 e. The van der Waals surface area contributed by atoms with Gasteiger partial charge in [0.25, 0.3) is 0 Å². The fourth-order valence-electron chi connectivity index (χ4n) is 1.09. The van der Waals surface area contributed by atoms with Gasteiger partial charge < -0.3 is 10.5 Å². The quantitative estimate of drug-likeness (QED) is 0.819. The Morgan fingerprint density at radius 3 is 2.43 bits per heavy atom. The molecule has 0 aromatic heterocycles. The molecule has 5 heteroatoms. The van der Waals surface area contributed by atoms with Gasteiger partial charge >= 0.3 is 6.36 Å². The van der Waals surface area contributed by atoms with Crippen molar-refractivity contribution in [1.29, 1.82) is 0 Å². The van der Waals surface area contributed by atoms with Gasteiger partial charge in [0, 0.05) is 0 Å². The van der Waals surface area contributed by atoms with Gasteiger partial charge in [-0.15, -0.1) is 13.2 Å². The molecule has 0 amide bonds. The zero-order chi connectivity index (χ0) is 10.6. The van der Waals surface area contributed by atoms with Crippen LogP contribution < -0.4 is 10.5 Å². The molecular weight excluding hydrogens is 195 g/mol. The maximum atomic E-state index is 11.9. The SMILES string of the molecule is NCCc1ccccc1OC(F)(F)F. The molecule has 0 fully saturated rings. The average Bonchev–Trinajstić information content (AvgIpc) is 2.06. The lowest BCUT2D eigenvalue weighted by Crippen LogP contribution is -2.18. The lowest BCUT2D eigenvalue weighted by Gasteiger charge is -2.12. The standard InChI is InChI=1S/C9H10F3NO/c10-9(11,12)14-8-4-2-1-3-7(8)5-6-13/h1-4H,5-6,13H2. The molecule has 14 heavy (non-hydrogen) atoms. The van der Waals surface area contributed by atoms with Crippen LogP contribution >= 0.6 is 0 Å². The molecule has 1 rings (SSSR count). The average molecular weight is 205 g/mol. The van der Waals surface area contributed by atoms with Gasteiger partial charge in [-0.1, -0.05) is 18.2 Å². The fraction of sp³-hybridized carbons (Fsp3) is 0.333. The minimum absolute atomic E-state index is 0.176. The summed E-state index contributed by atoms with van der Waals surface area (Å²) in [6, 6.07) is 5.97. The number of hydrogen-bond donors (Lipinski definition) is 1. The van der Waals surface area contributed by atoms with Crippen LogP contribution in [0.25, 0.3) is 0 Å². The third-order valence-corrected chi connectivity index (χ3v) is 1.61. The molecule has 0 unspecified atom stereocenters. The molecule has 0 spiro atoms. The predicted octanol–water partition coefficient (Wildman–Crippen LogP) is 2.09. The Balaban J connectivity index is 2.84. The van der Waals surface area contributed by atoms with Crippen molar-refractivity contribution in [3.05, 3.63) is 29.8 Å². The first kappa shape index (κ1) is 10.8. The maximum Gasteiger partial charge on any atom is 0.573 e. The van der Waals surface area contributed by atoms with E-state index >= 15 is 0 Å². The van der Waals surface area contributed by atoms with Crippen LogP contribution in [0.5, 0.6) is 5.75 Å². The summed E-state index contributed by atoms with van der Waals surface area (Å²) < 4.78 is 39.6. The van der Waals surface area contributed by atoms with Crippen LogP contribution in [0.4, 0.5) is 13.2 Å². The summed E-state index contributed by atoms with van der Waals surface area (Å²) in [6.45, 7) is 0.290. The summed E-state index contributed by atoms with van der Waals surface area (Å²) in [6.07, 6.45) is -4.28. The van der Waals surface area contributed by atoms with Crippen LogP contribution in [0, 0.1) is 0 Å². The molecule has 0 atom stereocenters. The van der Waals surface area contributed by atoms with Crippen molar-refractivity contribution in [3.63, 3.8) is 0 Å². The van der Waals surface area contributed by atoms with Crippen molar-refractivity contribution in [2.45, 2.75) is 12.8 Å². The molecule has 0 aliphatic rings. The molecule has 0 aliphatic carbocycles. The zero-order valence-corrected chi connectivity index (χ0v) is 7.34. The van der Waals surface area contributed by atoms with Crippen LogP contribution in [-0.4, -0.2) is 12.9 Å². The molecule has 0 aliphatic heterocycles. The van der Waals surface area contributed by atoms with E-state index in [0.29, 0.717) is 12.0 Å². The highest BCUT2D eigenvalue weighted by Gasteiger charge is 2.31. The Hall–Kier alpha value is -1.23. The van der Waals surface area contributed by atoms with E-state index in [1.54, 1.807) is 12.1 Å². The lowest BCUT2D eigenvalue weighted by atomic mass is 10.1. The van der Waals surface area contributed by atoms with E-state index < -0.39 is 6.36 Å². The number of alkyl halides is 3. The maximum absolute atomic E-state index is 11.9. The fourth-order valence-corrected chi connectivity index (χ4v) is 1.09. The minimum Gasteiger partial charge on any atom is -0.406 e. The van der Waals surface area contributed by atoms with Crippen LogP contribution in [-0.2, 0) is 6.42 Å². The Labute approximate surface area is 79.5 Å². The van der Waals surface area contributed by atoms with Gasteiger partial charge in [0.15, 0.2) is 0 Å². The highest BCUT2D eigenvalue weighted by molar-refractivity contribution is 5.33. The second-order valence-corrected chi connectivity index (χ2v) is 2.69. The van der Waals surface area contributed by atoms with Gasteiger partial charge in [0.05, 0.1) is 0 Å². The van der Waals surface area contributed by atoms with E-state index in [1.807, 2.05) is 0 Å². The Morgan fingerprint density at radius 1 is 1.21 bits per heavy atom. The molecule has 78 valence electrons. The lowest BCUT2D eigenvalue weighted by molar-refractivity contribution is -0.274. The molecule has 0 saturated heterocycles. The molecule has 2 nitrogen and oxygen atoms in total. The second kappa shape index (κ2) is 4.32. The molecule has 1 aromatic carbocycles. The summed E-state index contributed by atoms with van der Waals surface area (Å²) in [7, 11) is 0. The van der Waals surface area contributed by atoms with Gasteiger partial charge in [-0.3, -0.25) is 0 Å². The minimum atomic E-state index is -4.65. The number of halogens is 3. The molecular formula is C9H10F3NO. The largest absolute Gasteiger partial charge is 0.573 e. The van der Waals surface area contributed by atoms with E-state index in [2.05, 4.69) is 4.74 Å². The summed E-state index contributed by atoms with van der Waals surface area (Å²) >= 11 is 0. The Morgan fingerprint density at radius 2 is 1.86 bits per heavy atom. The van der Waals surface area contributed by atoms with E-state index in [4.69, 9.17) is 5.73 Å². The van der Waals surface area contributed by atoms with Crippen LogP contribution in [0.1, 0.15) is 5.56 Å². The Bertz CT molecular complexity index is 298. The number of nitrogens with two attached hydrogens (primary N) is 1. The number of benzene rings is 1. The van der Waals surface area contributed by atoms with Crippen LogP contribution in [0.15, 0.2) is 24.3 Å². The summed E-state index contributed by atoms with van der Waals surface area (Å²) in [5.41, 5.74) is 5.72. The molecule has 0 saturated carbocycles. The van der Waals surface area contributed by atoms with Gasteiger partial charge in [-0.2, -0.15) is 0 Å². The molecule has 1 aromatic rings. The van der Waals surface area contributed by atoms with E-state index in [1.165, 1.54) is 12.1 Å². The van der Waals surface area contributed by atoms with E-state index in [0.717, 1.165) is 0 Å². The first-order chi connectivity index (χ1) is 6.53. The van der Waals surface area contributed by atoms with E-state index in [-0.39, 0.29) is 12.3 Å². The van der Waals surface area contributed by atoms with Gasteiger partial charge in [-0.25, -0.2) is 0 Å². The predicted molar refractivity (Wildman–Crippen MR) is 45.9 cm³/mol. The zero-order valence-electron chi connectivity index (χ0n) is 7.34. The van der Waals surface area contributed by atoms with Crippen LogP contribution in [0.3, 0.4) is 0 Å². The third kappa shape index (κ3) is 3.26. The van der Waals surface area contributed by atoms with Crippen molar-refractivity contribution in [1.82, 2.24) is 0 Å². The van der Waals surface area contributed by atoms with Crippen molar-refractivity contribution >= 4 is 0 Å². The highest BCUT2D eigenvalue weighted by Crippen LogP contribution is 2.26. The number of para-hydroxylation sites is 1. The number of ether oxygens (including phenoxy) is 1. The summed E-state index contributed by atoms with van der Waals surface area (Å²) in [5.74, 6) is -0.176.